The average Bonchev–Trinajstić information content (AvgIpc) is 2.75. The molecule has 2 amide bonds. The molecule has 1 aliphatic heterocycles. The summed E-state index contributed by atoms with van der Waals surface area (Å²) in [5, 5.41) is 13.5. The van der Waals surface area contributed by atoms with Gasteiger partial charge in [-0.1, -0.05) is 54.6 Å². The molecule has 7 nitrogen and oxygen atoms in total. The van der Waals surface area contributed by atoms with Crippen LogP contribution in [0.15, 0.2) is 65.9 Å². The van der Waals surface area contributed by atoms with Crippen molar-refractivity contribution in [3.05, 3.63) is 71.4 Å². The third kappa shape index (κ3) is 4.51. The topological polar surface area (TPSA) is 98.8 Å². The molecular formula is C23H23N2O5-. The van der Waals surface area contributed by atoms with E-state index in [4.69, 9.17) is 4.74 Å². The Balaban J connectivity index is 1.91. The van der Waals surface area contributed by atoms with E-state index in [2.05, 4.69) is 5.32 Å². The molecule has 0 aromatic heterocycles. The van der Waals surface area contributed by atoms with E-state index in [0.29, 0.717) is 11.3 Å². The molecule has 2 aromatic carbocycles. The van der Waals surface area contributed by atoms with Crippen LogP contribution >= 0.6 is 0 Å². The van der Waals surface area contributed by atoms with Gasteiger partial charge in [-0.25, -0.2) is 9.59 Å². The van der Waals surface area contributed by atoms with Crippen molar-refractivity contribution in [3.8, 4) is 11.1 Å². The van der Waals surface area contributed by atoms with Crippen LogP contribution in [0.25, 0.3) is 11.1 Å². The number of aliphatic carboxylic acids is 1. The lowest BCUT2D eigenvalue weighted by atomic mass is 9.93. The van der Waals surface area contributed by atoms with Crippen LogP contribution in [0, 0.1) is 0 Å². The highest BCUT2D eigenvalue weighted by atomic mass is 16.5. The standard InChI is InChI=1S/C23H24N2O5/c1-15-20(22(28)30-2)21(24-23(29)25(15)14-6-9-19(26)27)18-12-10-17(11-13-18)16-7-4-3-5-8-16/h3-5,7-8,10-13,21H,6,9,14H2,1-2H3,(H,24,29)(H,26,27)/p-1/t21-/m0/s1. The number of ether oxygens (including phenoxy) is 1. The number of urea groups is 1. The minimum absolute atomic E-state index is 0.159. The zero-order valence-electron chi connectivity index (χ0n) is 16.9. The first-order valence-corrected chi connectivity index (χ1v) is 9.64. The summed E-state index contributed by atoms with van der Waals surface area (Å²) in [5.41, 5.74) is 3.60. The van der Waals surface area contributed by atoms with Crippen LogP contribution in [0.2, 0.25) is 0 Å². The molecule has 1 N–H and O–H groups in total. The number of allylic oxidation sites excluding steroid dienone is 1. The van der Waals surface area contributed by atoms with Crippen molar-refractivity contribution in [3.63, 3.8) is 0 Å². The van der Waals surface area contributed by atoms with E-state index < -0.39 is 24.0 Å². The maximum absolute atomic E-state index is 12.7. The number of esters is 1. The van der Waals surface area contributed by atoms with Gasteiger partial charge in [0.15, 0.2) is 0 Å². The maximum atomic E-state index is 12.7. The Morgan fingerprint density at radius 3 is 2.30 bits per heavy atom. The number of rotatable bonds is 7. The minimum atomic E-state index is -1.18. The lowest BCUT2D eigenvalue weighted by Gasteiger charge is -2.35. The third-order valence-electron chi connectivity index (χ3n) is 5.12. The molecule has 7 heteroatoms. The Kier molecular flexibility index (Phi) is 6.51. The number of carboxylic acid groups (broad SMARTS) is 1. The third-order valence-corrected chi connectivity index (χ3v) is 5.12. The molecule has 0 unspecified atom stereocenters. The maximum Gasteiger partial charge on any atom is 0.337 e. The molecule has 0 bridgehead atoms. The number of nitrogens with one attached hydrogen (secondary N) is 1. The van der Waals surface area contributed by atoms with Crippen molar-refractivity contribution in [1.82, 2.24) is 10.2 Å². The Labute approximate surface area is 175 Å². The average molecular weight is 407 g/mol. The van der Waals surface area contributed by atoms with E-state index in [9.17, 15) is 19.5 Å². The lowest BCUT2D eigenvalue weighted by molar-refractivity contribution is -0.305. The number of benzene rings is 2. The van der Waals surface area contributed by atoms with Crippen LogP contribution < -0.4 is 10.4 Å². The Morgan fingerprint density at radius 1 is 1.07 bits per heavy atom. The quantitative estimate of drug-likeness (QED) is 0.711. The fourth-order valence-corrected chi connectivity index (χ4v) is 3.56. The number of methoxy groups -OCH3 is 1. The summed E-state index contributed by atoms with van der Waals surface area (Å²) in [6.45, 7) is 1.82. The normalized spacial score (nSPS) is 16.3. The van der Waals surface area contributed by atoms with Gasteiger partial charge in [-0.2, -0.15) is 0 Å². The highest BCUT2D eigenvalue weighted by Gasteiger charge is 2.35. The van der Waals surface area contributed by atoms with Gasteiger partial charge < -0.3 is 20.0 Å². The van der Waals surface area contributed by atoms with Gasteiger partial charge in [0.25, 0.3) is 0 Å². The molecule has 0 saturated carbocycles. The van der Waals surface area contributed by atoms with Crippen LogP contribution in [-0.4, -0.2) is 36.5 Å². The van der Waals surface area contributed by atoms with Gasteiger partial charge in [0, 0.05) is 18.2 Å². The largest absolute Gasteiger partial charge is 0.550 e. The minimum Gasteiger partial charge on any atom is -0.550 e. The molecule has 0 aliphatic carbocycles. The fourth-order valence-electron chi connectivity index (χ4n) is 3.56. The second-order valence-corrected chi connectivity index (χ2v) is 6.99. The van der Waals surface area contributed by atoms with Gasteiger partial charge in [0.1, 0.15) is 0 Å². The highest BCUT2D eigenvalue weighted by Crippen LogP contribution is 2.32. The van der Waals surface area contributed by atoms with E-state index in [1.807, 2.05) is 54.6 Å². The van der Waals surface area contributed by atoms with Gasteiger partial charge in [-0.15, -0.1) is 0 Å². The first-order chi connectivity index (χ1) is 14.4. The monoisotopic (exact) mass is 407 g/mol. The molecule has 3 rings (SSSR count). The number of hydrogen-bond acceptors (Lipinski definition) is 5. The number of nitrogens with zero attached hydrogens (tertiary/aromatic N) is 1. The van der Waals surface area contributed by atoms with Crippen LogP contribution in [-0.2, 0) is 14.3 Å². The summed E-state index contributed by atoms with van der Waals surface area (Å²) >= 11 is 0. The molecule has 1 aliphatic rings. The lowest BCUT2D eigenvalue weighted by Crippen LogP contribution is -2.48. The molecule has 156 valence electrons. The summed E-state index contributed by atoms with van der Waals surface area (Å²) in [4.78, 5) is 37.2. The highest BCUT2D eigenvalue weighted by molar-refractivity contribution is 5.95. The van der Waals surface area contributed by atoms with E-state index in [1.165, 1.54) is 12.0 Å². The SMILES string of the molecule is COC(=O)C1=C(C)N(CCCC(=O)[O-])C(=O)N[C@H]1c1ccc(-c2ccccc2)cc1. The number of carbonyl (C=O) groups excluding carboxylic acids is 3. The Bertz CT molecular complexity index is 967. The van der Waals surface area contributed by atoms with Gasteiger partial charge in [-0.05, 0) is 36.5 Å². The molecule has 1 atom stereocenters. The molecule has 0 saturated heterocycles. The molecule has 1 heterocycles. The summed E-state index contributed by atoms with van der Waals surface area (Å²) < 4.78 is 4.95. The van der Waals surface area contributed by atoms with Crippen molar-refractivity contribution >= 4 is 18.0 Å². The van der Waals surface area contributed by atoms with E-state index in [-0.39, 0.29) is 19.4 Å². The Morgan fingerprint density at radius 2 is 1.70 bits per heavy atom. The van der Waals surface area contributed by atoms with Crippen molar-refractivity contribution < 1.29 is 24.2 Å². The number of hydrogen-bond donors (Lipinski definition) is 1. The first kappa shape index (κ1) is 21.1. The predicted molar refractivity (Wildman–Crippen MR) is 109 cm³/mol. The van der Waals surface area contributed by atoms with Crippen LogP contribution in [0.5, 0.6) is 0 Å². The second-order valence-electron chi connectivity index (χ2n) is 6.99. The van der Waals surface area contributed by atoms with Crippen molar-refractivity contribution in [2.75, 3.05) is 13.7 Å². The van der Waals surface area contributed by atoms with E-state index in [0.717, 1.165) is 16.7 Å². The van der Waals surface area contributed by atoms with E-state index >= 15 is 0 Å². The van der Waals surface area contributed by atoms with Crippen molar-refractivity contribution in [2.45, 2.75) is 25.8 Å². The molecule has 0 radical (unpaired) electrons. The van der Waals surface area contributed by atoms with E-state index in [1.54, 1.807) is 6.92 Å². The van der Waals surface area contributed by atoms with Crippen molar-refractivity contribution in [2.24, 2.45) is 0 Å². The summed E-state index contributed by atoms with van der Waals surface area (Å²) in [7, 11) is 1.29. The number of carbonyl (C=O) groups is 3. The van der Waals surface area contributed by atoms with Gasteiger partial charge >= 0.3 is 12.0 Å². The van der Waals surface area contributed by atoms with Gasteiger partial charge in [0.05, 0.1) is 18.7 Å². The molecule has 0 spiro atoms. The summed E-state index contributed by atoms with van der Waals surface area (Å²) in [6, 6.07) is 16.4. The van der Waals surface area contributed by atoms with Gasteiger partial charge in [-0.3, -0.25) is 4.90 Å². The van der Waals surface area contributed by atoms with Crippen LogP contribution in [0.1, 0.15) is 31.4 Å². The zero-order chi connectivity index (χ0) is 21.7. The molecule has 0 fully saturated rings. The molecular weight excluding hydrogens is 384 g/mol. The number of carboxylic acids is 1. The molecule has 30 heavy (non-hydrogen) atoms. The fraction of sp³-hybridized carbons (Fsp3) is 0.261. The summed E-state index contributed by atoms with van der Waals surface area (Å²) in [5.74, 6) is -1.73. The number of amides is 2. The van der Waals surface area contributed by atoms with Gasteiger partial charge in [0.2, 0.25) is 0 Å². The van der Waals surface area contributed by atoms with Crippen LogP contribution in [0.4, 0.5) is 4.79 Å². The second kappa shape index (κ2) is 9.26. The zero-order valence-corrected chi connectivity index (χ0v) is 16.9. The molecule has 2 aromatic rings. The smallest absolute Gasteiger partial charge is 0.337 e. The van der Waals surface area contributed by atoms with Crippen LogP contribution in [0.3, 0.4) is 0 Å². The van der Waals surface area contributed by atoms with Crippen molar-refractivity contribution in [1.29, 1.82) is 0 Å². The predicted octanol–water partition coefficient (Wildman–Crippen LogP) is 2.40. The first-order valence-electron chi connectivity index (χ1n) is 9.64. The summed E-state index contributed by atoms with van der Waals surface area (Å²) in [6.07, 6.45) is 0.0486. The Hall–Kier alpha value is -3.61.